The summed E-state index contributed by atoms with van der Waals surface area (Å²) in [5.74, 6) is 1.14. The van der Waals surface area contributed by atoms with Crippen molar-refractivity contribution in [3.8, 4) is 0 Å². The molecule has 0 bridgehead atoms. The van der Waals surface area contributed by atoms with Crippen LogP contribution in [0.2, 0.25) is 0 Å². The predicted molar refractivity (Wildman–Crippen MR) is 71.3 cm³/mol. The maximum absolute atomic E-state index is 4.17. The molecule has 2 rings (SSSR count). The lowest BCUT2D eigenvalue weighted by molar-refractivity contribution is 0.552. The predicted octanol–water partition coefficient (Wildman–Crippen LogP) is 2.43. The molecule has 0 aliphatic carbocycles. The Balaban J connectivity index is 1.93. The highest BCUT2D eigenvalue weighted by molar-refractivity contribution is 5.28. The molecule has 96 valence electrons. The number of rotatable bonds is 5. The molecule has 0 spiro atoms. The SMILES string of the molecule is CCn1nnc(NCc2ccc(C(C)C)cc2)n1. The smallest absolute Gasteiger partial charge is 0.263 e. The molecule has 18 heavy (non-hydrogen) atoms. The van der Waals surface area contributed by atoms with E-state index in [0.29, 0.717) is 18.4 Å². The number of hydrogen-bond acceptors (Lipinski definition) is 4. The van der Waals surface area contributed by atoms with E-state index < -0.39 is 0 Å². The summed E-state index contributed by atoms with van der Waals surface area (Å²) in [6, 6.07) is 8.59. The van der Waals surface area contributed by atoms with Crippen molar-refractivity contribution in [3.05, 3.63) is 35.4 Å². The normalized spacial score (nSPS) is 10.9. The van der Waals surface area contributed by atoms with Crippen LogP contribution < -0.4 is 5.32 Å². The van der Waals surface area contributed by atoms with Gasteiger partial charge in [-0.3, -0.25) is 0 Å². The van der Waals surface area contributed by atoms with Crippen LogP contribution in [0, 0.1) is 0 Å². The van der Waals surface area contributed by atoms with E-state index in [4.69, 9.17) is 0 Å². The van der Waals surface area contributed by atoms with E-state index >= 15 is 0 Å². The van der Waals surface area contributed by atoms with Crippen molar-refractivity contribution in [2.24, 2.45) is 0 Å². The van der Waals surface area contributed by atoms with Crippen LogP contribution in [0.1, 0.15) is 37.8 Å². The maximum Gasteiger partial charge on any atom is 0.263 e. The minimum absolute atomic E-state index is 0.568. The lowest BCUT2D eigenvalue weighted by atomic mass is 10.0. The van der Waals surface area contributed by atoms with Crippen molar-refractivity contribution in [2.45, 2.75) is 39.8 Å². The highest BCUT2D eigenvalue weighted by Crippen LogP contribution is 2.15. The lowest BCUT2D eigenvalue weighted by Crippen LogP contribution is -2.03. The summed E-state index contributed by atoms with van der Waals surface area (Å²) in [7, 11) is 0. The molecule has 0 radical (unpaired) electrons. The molecule has 1 heterocycles. The first-order valence-corrected chi connectivity index (χ1v) is 6.29. The molecule has 0 amide bonds. The minimum Gasteiger partial charge on any atom is -0.348 e. The zero-order valence-corrected chi connectivity index (χ0v) is 11.1. The molecule has 0 unspecified atom stereocenters. The van der Waals surface area contributed by atoms with Gasteiger partial charge in [0.05, 0.1) is 6.54 Å². The fraction of sp³-hybridized carbons (Fsp3) is 0.462. The Kier molecular flexibility index (Phi) is 3.92. The molecule has 0 atom stereocenters. The third-order valence-corrected chi connectivity index (χ3v) is 2.83. The van der Waals surface area contributed by atoms with Crippen LogP contribution in [0.4, 0.5) is 5.95 Å². The van der Waals surface area contributed by atoms with Crippen LogP contribution >= 0.6 is 0 Å². The average Bonchev–Trinajstić information content (AvgIpc) is 2.85. The first-order chi connectivity index (χ1) is 8.69. The van der Waals surface area contributed by atoms with Gasteiger partial charge in [0.25, 0.3) is 5.95 Å². The minimum atomic E-state index is 0.568. The molecule has 0 aliphatic rings. The van der Waals surface area contributed by atoms with Gasteiger partial charge in [0.2, 0.25) is 0 Å². The summed E-state index contributed by atoms with van der Waals surface area (Å²) in [5.41, 5.74) is 2.57. The summed E-state index contributed by atoms with van der Waals surface area (Å²) in [6.45, 7) is 7.82. The van der Waals surface area contributed by atoms with E-state index in [1.54, 1.807) is 4.80 Å². The van der Waals surface area contributed by atoms with Gasteiger partial charge in [0, 0.05) is 6.54 Å². The Bertz CT molecular complexity index is 486. The lowest BCUT2D eigenvalue weighted by Gasteiger charge is -2.06. The Morgan fingerprint density at radius 2 is 1.94 bits per heavy atom. The van der Waals surface area contributed by atoms with E-state index in [-0.39, 0.29) is 0 Å². The van der Waals surface area contributed by atoms with Crippen LogP contribution in [0.5, 0.6) is 0 Å². The topological polar surface area (TPSA) is 55.6 Å². The molecular weight excluding hydrogens is 226 g/mol. The zero-order valence-electron chi connectivity index (χ0n) is 11.1. The van der Waals surface area contributed by atoms with Gasteiger partial charge in [-0.1, -0.05) is 43.2 Å². The van der Waals surface area contributed by atoms with Crippen LogP contribution in [0.3, 0.4) is 0 Å². The van der Waals surface area contributed by atoms with Gasteiger partial charge >= 0.3 is 0 Å². The van der Waals surface area contributed by atoms with Gasteiger partial charge in [0.15, 0.2) is 0 Å². The number of tetrazole rings is 1. The Morgan fingerprint density at radius 1 is 1.22 bits per heavy atom. The van der Waals surface area contributed by atoms with E-state index in [2.05, 4.69) is 58.8 Å². The second kappa shape index (κ2) is 5.62. The highest BCUT2D eigenvalue weighted by Gasteiger charge is 2.02. The van der Waals surface area contributed by atoms with Crippen LogP contribution in [-0.2, 0) is 13.1 Å². The number of aromatic nitrogens is 4. The second-order valence-electron chi connectivity index (χ2n) is 4.55. The molecule has 1 aromatic carbocycles. The van der Waals surface area contributed by atoms with Gasteiger partial charge in [-0.05, 0) is 29.2 Å². The monoisotopic (exact) mass is 245 g/mol. The molecule has 0 saturated heterocycles. The van der Waals surface area contributed by atoms with Gasteiger partial charge in [-0.15, -0.1) is 5.10 Å². The van der Waals surface area contributed by atoms with E-state index in [1.807, 2.05) is 6.92 Å². The van der Waals surface area contributed by atoms with Crippen molar-refractivity contribution in [3.63, 3.8) is 0 Å². The number of nitrogens with one attached hydrogen (secondary N) is 1. The molecule has 2 aromatic rings. The fourth-order valence-electron chi connectivity index (χ4n) is 1.65. The second-order valence-corrected chi connectivity index (χ2v) is 4.55. The first kappa shape index (κ1) is 12.5. The third-order valence-electron chi connectivity index (χ3n) is 2.83. The van der Waals surface area contributed by atoms with Gasteiger partial charge in [-0.25, -0.2) is 0 Å². The quantitative estimate of drug-likeness (QED) is 0.879. The molecule has 5 heteroatoms. The van der Waals surface area contributed by atoms with Crippen molar-refractivity contribution < 1.29 is 0 Å². The molecule has 1 N–H and O–H groups in total. The number of aryl methyl sites for hydroxylation is 1. The maximum atomic E-state index is 4.17. The summed E-state index contributed by atoms with van der Waals surface area (Å²) in [6.07, 6.45) is 0. The summed E-state index contributed by atoms with van der Waals surface area (Å²) in [5, 5.41) is 15.1. The van der Waals surface area contributed by atoms with Gasteiger partial charge in [-0.2, -0.15) is 4.80 Å². The first-order valence-electron chi connectivity index (χ1n) is 6.29. The van der Waals surface area contributed by atoms with Gasteiger partial charge in [0.1, 0.15) is 0 Å². The molecule has 1 aromatic heterocycles. The number of anilines is 1. The van der Waals surface area contributed by atoms with Crippen LogP contribution in [-0.4, -0.2) is 20.2 Å². The average molecular weight is 245 g/mol. The Hall–Kier alpha value is -1.91. The molecule has 5 nitrogen and oxygen atoms in total. The van der Waals surface area contributed by atoms with Crippen molar-refractivity contribution >= 4 is 5.95 Å². The largest absolute Gasteiger partial charge is 0.348 e. The number of hydrogen-bond donors (Lipinski definition) is 1. The zero-order chi connectivity index (χ0) is 13.0. The summed E-state index contributed by atoms with van der Waals surface area (Å²) in [4.78, 5) is 1.56. The Labute approximate surface area is 107 Å². The number of nitrogens with zero attached hydrogens (tertiary/aromatic N) is 4. The number of benzene rings is 1. The van der Waals surface area contributed by atoms with E-state index in [1.165, 1.54) is 11.1 Å². The Morgan fingerprint density at radius 3 is 2.50 bits per heavy atom. The fourth-order valence-corrected chi connectivity index (χ4v) is 1.65. The summed E-state index contributed by atoms with van der Waals surface area (Å²) >= 11 is 0. The summed E-state index contributed by atoms with van der Waals surface area (Å²) < 4.78 is 0. The highest BCUT2D eigenvalue weighted by atomic mass is 15.6. The van der Waals surface area contributed by atoms with Crippen molar-refractivity contribution in [2.75, 3.05) is 5.32 Å². The molecule has 0 saturated carbocycles. The van der Waals surface area contributed by atoms with Crippen molar-refractivity contribution in [1.29, 1.82) is 0 Å². The molecule has 0 fully saturated rings. The third kappa shape index (κ3) is 3.06. The molecule has 0 aliphatic heterocycles. The standard InChI is InChI=1S/C13H19N5/c1-4-18-16-13(15-17-18)14-9-11-5-7-12(8-6-11)10(2)3/h5-8,10H,4,9H2,1-3H3,(H,14,16). The van der Waals surface area contributed by atoms with Crippen LogP contribution in [0.15, 0.2) is 24.3 Å². The van der Waals surface area contributed by atoms with Crippen molar-refractivity contribution in [1.82, 2.24) is 20.2 Å². The van der Waals surface area contributed by atoms with E-state index in [0.717, 1.165) is 6.54 Å². The van der Waals surface area contributed by atoms with Gasteiger partial charge < -0.3 is 5.32 Å². The van der Waals surface area contributed by atoms with E-state index in [9.17, 15) is 0 Å². The molecular formula is C13H19N5. The van der Waals surface area contributed by atoms with Crippen LogP contribution in [0.25, 0.3) is 0 Å².